The number of alkyl halides is 1. The second-order valence-electron chi connectivity index (χ2n) is 3.06. The molecule has 14 heavy (non-hydrogen) atoms. The summed E-state index contributed by atoms with van der Waals surface area (Å²) in [5.74, 6) is -1.08. The highest BCUT2D eigenvalue weighted by molar-refractivity contribution is 6.17. The van der Waals surface area contributed by atoms with E-state index in [1.54, 1.807) is 6.07 Å². The first-order valence-electron chi connectivity index (χ1n) is 4.37. The maximum Gasteiger partial charge on any atom is 0.160 e. The molecule has 0 N–H and O–H groups in total. The third-order valence-electron chi connectivity index (χ3n) is 1.97. The first-order valence-corrected chi connectivity index (χ1v) is 4.90. The molecule has 0 aliphatic carbocycles. The molecule has 0 unspecified atom stereocenters. The van der Waals surface area contributed by atoms with Gasteiger partial charge >= 0.3 is 0 Å². The van der Waals surface area contributed by atoms with Crippen LogP contribution in [0.4, 0.5) is 14.5 Å². The van der Waals surface area contributed by atoms with Gasteiger partial charge in [-0.25, -0.2) is 8.78 Å². The minimum atomic E-state index is -0.820. The van der Waals surface area contributed by atoms with E-state index in [1.807, 2.05) is 11.9 Å². The van der Waals surface area contributed by atoms with Crippen LogP contribution in [0.1, 0.15) is 6.42 Å². The quantitative estimate of drug-likeness (QED) is 0.704. The van der Waals surface area contributed by atoms with E-state index in [-0.39, 0.29) is 0 Å². The standard InChI is InChI=1S/C10H12ClF2N/c1-14(6-2-5-11)8-3-4-9(12)10(13)7-8/h3-4,7H,2,5-6H2,1H3. The molecule has 0 amide bonds. The summed E-state index contributed by atoms with van der Waals surface area (Å²) in [7, 11) is 1.82. The van der Waals surface area contributed by atoms with Crippen LogP contribution in [0, 0.1) is 11.6 Å². The van der Waals surface area contributed by atoms with Crippen molar-refractivity contribution in [3.8, 4) is 0 Å². The van der Waals surface area contributed by atoms with Crippen LogP contribution in [-0.4, -0.2) is 19.5 Å². The van der Waals surface area contributed by atoms with E-state index in [9.17, 15) is 8.78 Å². The SMILES string of the molecule is CN(CCCCl)c1ccc(F)c(F)c1. The van der Waals surface area contributed by atoms with Crippen LogP contribution in [0.25, 0.3) is 0 Å². The highest BCUT2D eigenvalue weighted by atomic mass is 35.5. The van der Waals surface area contributed by atoms with Crippen LogP contribution in [0.3, 0.4) is 0 Å². The van der Waals surface area contributed by atoms with Crippen LogP contribution < -0.4 is 4.90 Å². The molecule has 0 aliphatic heterocycles. The van der Waals surface area contributed by atoms with Crippen molar-refractivity contribution in [3.05, 3.63) is 29.8 Å². The summed E-state index contributed by atoms with van der Waals surface area (Å²) in [6, 6.07) is 3.86. The molecular weight excluding hydrogens is 208 g/mol. The summed E-state index contributed by atoms with van der Waals surface area (Å²) < 4.78 is 25.4. The molecule has 4 heteroatoms. The van der Waals surface area contributed by atoms with Crippen LogP contribution >= 0.6 is 11.6 Å². The molecular formula is C10H12ClF2N. The molecule has 0 aromatic heterocycles. The van der Waals surface area contributed by atoms with Crippen molar-refractivity contribution >= 4 is 17.3 Å². The van der Waals surface area contributed by atoms with Crippen molar-refractivity contribution in [2.45, 2.75) is 6.42 Å². The lowest BCUT2D eigenvalue weighted by atomic mass is 10.2. The van der Waals surface area contributed by atoms with Gasteiger partial charge in [0.05, 0.1) is 0 Å². The normalized spacial score (nSPS) is 10.3. The summed E-state index contributed by atoms with van der Waals surface area (Å²) in [5.41, 5.74) is 0.661. The van der Waals surface area contributed by atoms with Crippen molar-refractivity contribution in [2.24, 2.45) is 0 Å². The Labute approximate surface area is 87.3 Å². The lowest BCUT2D eigenvalue weighted by Gasteiger charge is -2.18. The molecule has 1 aromatic rings. The van der Waals surface area contributed by atoms with Gasteiger partial charge in [0.25, 0.3) is 0 Å². The highest BCUT2D eigenvalue weighted by Crippen LogP contribution is 2.16. The molecule has 78 valence electrons. The Morgan fingerprint density at radius 3 is 2.57 bits per heavy atom. The minimum absolute atomic E-state index is 0.564. The summed E-state index contributed by atoms with van der Waals surface area (Å²) in [6.07, 6.45) is 0.817. The van der Waals surface area contributed by atoms with Crippen molar-refractivity contribution < 1.29 is 8.78 Å². The smallest absolute Gasteiger partial charge is 0.160 e. The predicted molar refractivity (Wildman–Crippen MR) is 55.0 cm³/mol. The van der Waals surface area contributed by atoms with Gasteiger partial charge in [-0.2, -0.15) is 0 Å². The lowest BCUT2D eigenvalue weighted by molar-refractivity contribution is 0.508. The Kier molecular flexibility index (Phi) is 4.14. The number of nitrogens with zero attached hydrogens (tertiary/aromatic N) is 1. The summed E-state index contributed by atoms with van der Waals surface area (Å²) in [4.78, 5) is 1.84. The molecule has 0 radical (unpaired) electrons. The van der Waals surface area contributed by atoms with E-state index >= 15 is 0 Å². The predicted octanol–water partition coefficient (Wildman–Crippen LogP) is 3.03. The van der Waals surface area contributed by atoms with E-state index < -0.39 is 11.6 Å². The molecule has 0 aliphatic rings. The Balaban J connectivity index is 2.70. The number of hydrogen-bond acceptors (Lipinski definition) is 1. The van der Waals surface area contributed by atoms with E-state index in [2.05, 4.69) is 0 Å². The van der Waals surface area contributed by atoms with Gasteiger partial charge in [0.15, 0.2) is 11.6 Å². The monoisotopic (exact) mass is 219 g/mol. The number of rotatable bonds is 4. The van der Waals surface area contributed by atoms with Gasteiger partial charge in [-0.15, -0.1) is 11.6 Å². The number of benzene rings is 1. The first kappa shape index (κ1) is 11.2. The number of anilines is 1. The van der Waals surface area contributed by atoms with Crippen LogP contribution in [0.15, 0.2) is 18.2 Å². The third kappa shape index (κ3) is 2.84. The minimum Gasteiger partial charge on any atom is -0.374 e. The van der Waals surface area contributed by atoms with Gasteiger partial charge in [0.1, 0.15) is 0 Å². The van der Waals surface area contributed by atoms with Gasteiger partial charge in [0, 0.05) is 31.2 Å². The van der Waals surface area contributed by atoms with E-state index in [0.717, 1.165) is 19.0 Å². The topological polar surface area (TPSA) is 3.24 Å². The van der Waals surface area contributed by atoms with Crippen LogP contribution in [0.2, 0.25) is 0 Å². The molecule has 0 fully saturated rings. The van der Waals surface area contributed by atoms with E-state index in [4.69, 9.17) is 11.6 Å². The molecule has 0 bridgehead atoms. The molecule has 1 aromatic carbocycles. The van der Waals surface area contributed by atoms with Crippen LogP contribution in [0.5, 0.6) is 0 Å². The fraction of sp³-hybridized carbons (Fsp3) is 0.400. The Morgan fingerprint density at radius 2 is 2.00 bits per heavy atom. The highest BCUT2D eigenvalue weighted by Gasteiger charge is 2.05. The largest absolute Gasteiger partial charge is 0.374 e. The summed E-state index contributed by atoms with van der Waals surface area (Å²) in [5, 5.41) is 0. The Bertz CT molecular complexity index is 304. The van der Waals surface area contributed by atoms with Gasteiger partial charge in [-0.1, -0.05) is 0 Å². The molecule has 0 heterocycles. The zero-order valence-electron chi connectivity index (χ0n) is 7.93. The van der Waals surface area contributed by atoms with Crippen LogP contribution in [-0.2, 0) is 0 Å². The fourth-order valence-corrected chi connectivity index (χ4v) is 1.27. The summed E-state index contributed by atoms with van der Waals surface area (Å²) in [6.45, 7) is 0.731. The van der Waals surface area contributed by atoms with E-state index in [0.29, 0.717) is 11.6 Å². The zero-order chi connectivity index (χ0) is 10.6. The van der Waals surface area contributed by atoms with Crippen molar-refractivity contribution in [1.82, 2.24) is 0 Å². The molecule has 1 rings (SSSR count). The van der Waals surface area contributed by atoms with Gasteiger partial charge in [0.2, 0.25) is 0 Å². The van der Waals surface area contributed by atoms with Gasteiger partial charge in [-0.3, -0.25) is 0 Å². The molecule has 0 saturated carbocycles. The van der Waals surface area contributed by atoms with Crippen molar-refractivity contribution in [1.29, 1.82) is 0 Å². The third-order valence-corrected chi connectivity index (χ3v) is 2.24. The maximum atomic E-state index is 12.8. The first-order chi connectivity index (χ1) is 6.65. The van der Waals surface area contributed by atoms with E-state index in [1.165, 1.54) is 6.07 Å². The van der Waals surface area contributed by atoms with Gasteiger partial charge < -0.3 is 4.90 Å². The molecule has 0 spiro atoms. The van der Waals surface area contributed by atoms with Gasteiger partial charge in [-0.05, 0) is 18.6 Å². The summed E-state index contributed by atoms with van der Waals surface area (Å²) >= 11 is 5.53. The molecule has 1 nitrogen and oxygen atoms in total. The van der Waals surface area contributed by atoms with Crippen molar-refractivity contribution in [3.63, 3.8) is 0 Å². The molecule has 0 atom stereocenters. The van der Waals surface area contributed by atoms with Crippen molar-refractivity contribution in [2.75, 3.05) is 24.4 Å². The average Bonchev–Trinajstić information content (AvgIpc) is 2.18. The second-order valence-corrected chi connectivity index (χ2v) is 3.44. The number of halogens is 3. The lowest BCUT2D eigenvalue weighted by Crippen LogP contribution is -2.18. The zero-order valence-corrected chi connectivity index (χ0v) is 8.69. The number of hydrogen-bond donors (Lipinski definition) is 0. The Morgan fingerprint density at radius 1 is 1.29 bits per heavy atom. The molecule has 0 saturated heterocycles. The Hall–Kier alpha value is -0.830. The fourth-order valence-electron chi connectivity index (χ4n) is 1.15. The average molecular weight is 220 g/mol. The maximum absolute atomic E-state index is 12.8. The second kappa shape index (κ2) is 5.15.